The highest BCUT2D eigenvalue weighted by molar-refractivity contribution is 5.68. The zero-order valence-electron chi connectivity index (χ0n) is 16.6. The summed E-state index contributed by atoms with van der Waals surface area (Å²) in [6.07, 6.45) is -3.57. The second kappa shape index (κ2) is 10.2. The summed E-state index contributed by atoms with van der Waals surface area (Å²) in [6, 6.07) is 0. The van der Waals surface area contributed by atoms with Crippen molar-refractivity contribution in [2.45, 2.75) is 78.5 Å². The first-order chi connectivity index (χ1) is 12.5. The minimum absolute atomic E-state index is 0.0597. The predicted molar refractivity (Wildman–Crippen MR) is 91.4 cm³/mol. The Balaban J connectivity index is 3.27. The van der Waals surface area contributed by atoms with Crippen LogP contribution in [0, 0.1) is 5.92 Å². The average Bonchev–Trinajstić information content (AvgIpc) is 2.49. The van der Waals surface area contributed by atoms with Crippen molar-refractivity contribution in [3.8, 4) is 0 Å². The molecule has 0 spiro atoms. The summed E-state index contributed by atoms with van der Waals surface area (Å²) in [4.78, 5) is 46.1. The molecule has 9 nitrogen and oxygen atoms in total. The van der Waals surface area contributed by atoms with E-state index in [-0.39, 0.29) is 19.1 Å². The number of hydrogen-bond acceptors (Lipinski definition) is 9. The number of carbonyl (C=O) groups excluding carboxylic acids is 4. The fourth-order valence-electron chi connectivity index (χ4n) is 3.12. The fraction of sp³-hybridized carbons (Fsp3) is 0.778. The van der Waals surface area contributed by atoms with Crippen molar-refractivity contribution in [2.24, 2.45) is 5.92 Å². The molecule has 1 aliphatic rings. The molecule has 0 aromatic heterocycles. The molecule has 1 fully saturated rings. The van der Waals surface area contributed by atoms with E-state index >= 15 is 0 Å². The molecule has 9 heteroatoms. The lowest BCUT2D eigenvalue weighted by atomic mass is 9.80. The van der Waals surface area contributed by atoms with Crippen LogP contribution in [0.1, 0.15) is 48.0 Å². The molecule has 154 valence electrons. The van der Waals surface area contributed by atoms with Gasteiger partial charge in [0.15, 0.2) is 12.2 Å². The van der Waals surface area contributed by atoms with Crippen molar-refractivity contribution in [3.63, 3.8) is 0 Å². The largest absolute Gasteiger partial charge is 0.465 e. The number of esters is 4. The van der Waals surface area contributed by atoms with Gasteiger partial charge in [-0.3, -0.25) is 19.2 Å². The molecule has 0 saturated heterocycles. The number of hydrogen-bond donors (Lipinski definition) is 0. The molecule has 1 aliphatic carbocycles. The highest BCUT2D eigenvalue weighted by Crippen LogP contribution is 2.35. The third-order valence-corrected chi connectivity index (χ3v) is 3.87. The minimum atomic E-state index is -1.09. The van der Waals surface area contributed by atoms with E-state index in [0.29, 0.717) is 0 Å². The average molecular weight is 388 g/mol. The lowest BCUT2D eigenvalue weighted by Gasteiger charge is -2.44. The van der Waals surface area contributed by atoms with E-state index in [1.54, 1.807) is 0 Å². The van der Waals surface area contributed by atoms with E-state index < -0.39 is 54.2 Å². The molecule has 0 aliphatic heterocycles. The summed E-state index contributed by atoms with van der Waals surface area (Å²) in [7, 11) is 0. The van der Waals surface area contributed by atoms with E-state index in [1.165, 1.54) is 27.7 Å². The van der Waals surface area contributed by atoms with Gasteiger partial charge in [0.25, 0.3) is 0 Å². The molecular formula is C18H28O9. The summed E-state index contributed by atoms with van der Waals surface area (Å²) in [5.74, 6) is -2.82. The number of carbonyl (C=O) groups is 4. The summed E-state index contributed by atoms with van der Waals surface area (Å²) in [6.45, 7) is 8.46. The fourth-order valence-corrected chi connectivity index (χ4v) is 3.12. The topological polar surface area (TPSA) is 114 Å². The third kappa shape index (κ3) is 7.54. The van der Waals surface area contributed by atoms with E-state index in [2.05, 4.69) is 0 Å². The van der Waals surface area contributed by atoms with Gasteiger partial charge in [-0.15, -0.1) is 0 Å². The molecule has 5 atom stereocenters. The van der Waals surface area contributed by atoms with Gasteiger partial charge < -0.3 is 23.7 Å². The molecule has 0 aromatic rings. The van der Waals surface area contributed by atoms with Crippen LogP contribution < -0.4 is 0 Å². The molecule has 1 saturated carbocycles. The van der Waals surface area contributed by atoms with Crippen LogP contribution in [0.2, 0.25) is 0 Å². The van der Waals surface area contributed by atoms with Crippen LogP contribution >= 0.6 is 0 Å². The normalized spacial score (nSPS) is 27.6. The highest BCUT2D eigenvalue weighted by Gasteiger charge is 2.51. The summed E-state index contributed by atoms with van der Waals surface area (Å²) < 4.78 is 27.0. The molecule has 0 aromatic carbocycles. The Bertz CT molecular complexity index is 557. The van der Waals surface area contributed by atoms with E-state index in [4.69, 9.17) is 23.7 Å². The van der Waals surface area contributed by atoms with Gasteiger partial charge in [0.05, 0.1) is 18.8 Å². The van der Waals surface area contributed by atoms with Crippen LogP contribution in [0.3, 0.4) is 0 Å². The molecule has 1 rings (SSSR count). The highest BCUT2D eigenvalue weighted by atomic mass is 16.6. The Labute approximate surface area is 158 Å². The Morgan fingerprint density at radius 3 is 1.70 bits per heavy atom. The van der Waals surface area contributed by atoms with Gasteiger partial charge in [0.1, 0.15) is 6.10 Å². The molecule has 27 heavy (non-hydrogen) atoms. The summed E-state index contributed by atoms with van der Waals surface area (Å²) >= 11 is 0. The lowest BCUT2D eigenvalue weighted by molar-refractivity contribution is -0.225. The van der Waals surface area contributed by atoms with Gasteiger partial charge in [-0.05, 0) is 20.3 Å². The first-order valence-corrected chi connectivity index (χ1v) is 8.81. The van der Waals surface area contributed by atoms with Gasteiger partial charge in [0.2, 0.25) is 0 Å². The van der Waals surface area contributed by atoms with Crippen molar-refractivity contribution in [2.75, 3.05) is 6.61 Å². The Hall–Kier alpha value is -2.16. The molecule has 0 radical (unpaired) electrons. The Morgan fingerprint density at radius 1 is 0.778 bits per heavy atom. The summed E-state index contributed by atoms with van der Waals surface area (Å²) in [5.41, 5.74) is 0. The smallest absolute Gasteiger partial charge is 0.303 e. The van der Waals surface area contributed by atoms with E-state index in [9.17, 15) is 19.2 Å². The van der Waals surface area contributed by atoms with Gasteiger partial charge in [0, 0.05) is 33.6 Å². The summed E-state index contributed by atoms with van der Waals surface area (Å²) in [5, 5.41) is 0. The van der Waals surface area contributed by atoms with Crippen molar-refractivity contribution in [1.82, 2.24) is 0 Å². The maximum atomic E-state index is 11.6. The SMILES string of the molecule is CC(=O)OC[C@@H]1C[C@@H](OC(C)C)[C@H](OC(C)=O)[C@H](OC(C)=O)[C@H]1OC(C)=O. The molecule has 0 heterocycles. The minimum Gasteiger partial charge on any atom is -0.465 e. The van der Waals surface area contributed by atoms with Crippen molar-refractivity contribution < 1.29 is 42.9 Å². The Kier molecular flexibility index (Phi) is 8.68. The van der Waals surface area contributed by atoms with Gasteiger partial charge in [-0.1, -0.05) is 0 Å². The molecular weight excluding hydrogens is 360 g/mol. The van der Waals surface area contributed by atoms with Crippen LogP contribution in [0.4, 0.5) is 0 Å². The van der Waals surface area contributed by atoms with Gasteiger partial charge in [-0.25, -0.2) is 0 Å². The van der Waals surface area contributed by atoms with E-state index in [1.807, 2.05) is 13.8 Å². The second-order valence-corrected chi connectivity index (χ2v) is 6.74. The first-order valence-electron chi connectivity index (χ1n) is 8.81. The zero-order valence-corrected chi connectivity index (χ0v) is 16.6. The van der Waals surface area contributed by atoms with Crippen LogP contribution in [-0.2, 0) is 42.9 Å². The monoisotopic (exact) mass is 388 g/mol. The Morgan fingerprint density at radius 2 is 1.26 bits per heavy atom. The first kappa shape index (κ1) is 22.9. The quantitative estimate of drug-likeness (QED) is 0.468. The second-order valence-electron chi connectivity index (χ2n) is 6.74. The zero-order chi connectivity index (χ0) is 20.7. The number of ether oxygens (including phenoxy) is 5. The molecule has 0 amide bonds. The van der Waals surface area contributed by atoms with Crippen molar-refractivity contribution in [1.29, 1.82) is 0 Å². The maximum Gasteiger partial charge on any atom is 0.303 e. The van der Waals surface area contributed by atoms with Crippen LogP contribution in [0.5, 0.6) is 0 Å². The van der Waals surface area contributed by atoms with Crippen LogP contribution in [0.25, 0.3) is 0 Å². The molecule has 0 N–H and O–H groups in total. The molecule has 0 unspecified atom stereocenters. The molecule has 0 bridgehead atoms. The van der Waals surface area contributed by atoms with E-state index in [0.717, 1.165) is 0 Å². The number of rotatable bonds is 7. The van der Waals surface area contributed by atoms with Gasteiger partial charge >= 0.3 is 23.9 Å². The van der Waals surface area contributed by atoms with Crippen molar-refractivity contribution in [3.05, 3.63) is 0 Å². The standard InChI is InChI=1S/C18H28O9/c1-9(2)24-15-7-14(8-23-10(3)19)16(25-11(4)20)18(27-13(6)22)17(15)26-12(5)21/h9,14-18H,7-8H2,1-6H3/t14-,15+,16-,17-,18+/m0/s1. The third-order valence-electron chi connectivity index (χ3n) is 3.87. The predicted octanol–water partition coefficient (Wildman–Crippen LogP) is 1.16. The maximum absolute atomic E-state index is 11.6. The van der Waals surface area contributed by atoms with Gasteiger partial charge in [-0.2, -0.15) is 0 Å². The van der Waals surface area contributed by atoms with Crippen LogP contribution in [-0.4, -0.2) is 61.0 Å². The van der Waals surface area contributed by atoms with Crippen molar-refractivity contribution >= 4 is 23.9 Å². The van der Waals surface area contributed by atoms with Crippen LogP contribution in [0.15, 0.2) is 0 Å². The lowest BCUT2D eigenvalue weighted by Crippen LogP contribution is -2.59.